The Morgan fingerprint density at radius 1 is 0.742 bits per heavy atom. The summed E-state index contributed by atoms with van der Waals surface area (Å²) >= 11 is 0. The lowest BCUT2D eigenvalue weighted by Gasteiger charge is -2.58. The molecular weight excluding hydrogens is 771 g/mol. The molecule has 4 aliphatic carbocycles. The van der Waals surface area contributed by atoms with E-state index in [1.165, 1.54) is 115 Å². The lowest BCUT2D eigenvalue weighted by atomic mass is 9.47. The van der Waals surface area contributed by atoms with Gasteiger partial charge < -0.3 is 18.7 Å². The molecule has 3 fully saturated rings. The van der Waals surface area contributed by atoms with Crippen LogP contribution in [0.5, 0.6) is 0 Å². The number of esters is 3. The van der Waals surface area contributed by atoms with Crippen LogP contribution in [0.2, 0.25) is 0 Å². The van der Waals surface area contributed by atoms with Crippen molar-refractivity contribution in [3.63, 3.8) is 0 Å². The Morgan fingerprint density at radius 3 is 2.08 bits per heavy atom. The zero-order chi connectivity index (χ0) is 45.2. The molecule has 0 saturated heterocycles. The number of ether oxygens (including phenoxy) is 3. The number of hydrogen-bond acceptors (Lipinski definition) is 6. The number of quaternary nitrogens is 1. The van der Waals surface area contributed by atoms with E-state index in [2.05, 4.69) is 59.8 Å². The average Bonchev–Trinajstić information content (AvgIpc) is 3.57. The molecule has 7 nitrogen and oxygen atoms in total. The highest BCUT2D eigenvalue weighted by atomic mass is 16.6. The van der Waals surface area contributed by atoms with Crippen LogP contribution in [0.4, 0.5) is 0 Å². The fourth-order valence-corrected chi connectivity index (χ4v) is 12.8. The largest absolute Gasteiger partial charge is 0.462 e. The van der Waals surface area contributed by atoms with Crippen molar-refractivity contribution in [2.45, 2.75) is 227 Å². The first-order valence-electron chi connectivity index (χ1n) is 26.2. The molecule has 0 heterocycles. The van der Waals surface area contributed by atoms with Gasteiger partial charge in [-0.25, -0.2) is 0 Å². The molecule has 0 amide bonds. The summed E-state index contributed by atoms with van der Waals surface area (Å²) in [6, 6.07) is 0. The first-order chi connectivity index (χ1) is 29.6. The van der Waals surface area contributed by atoms with Gasteiger partial charge in [-0.05, 0) is 123 Å². The molecule has 7 heteroatoms. The number of nitrogens with zero attached hydrogens (tertiary/aromatic N) is 1. The summed E-state index contributed by atoms with van der Waals surface area (Å²) in [6.45, 7) is 15.2. The molecule has 0 aromatic rings. The zero-order valence-corrected chi connectivity index (χ0v) is 41.8. The van der Waals surface area contributed by atoms with Crippen molar-refractivity contribution in [2.24, 2.45) is 46.3 Å². The first-order valence-corrected chi connectivity index (χ1v) is 26.2. The van der Waals surface area contributed by atoms with Gasteiger partial charge in [0, 0.05) is 12.8 Å². The van der Waals surface area contributed by atoms with Gasteiger partial charge in [0.2, 0.25) is 0 Å². The average molecular weight is 867 g/mol. The summed E-state index contributed by atoms with van der Waals surface area (Å²) in [7, 11) is 6.10. The Kier molecular flexibility index (Phi) is 22.1. The molecule has 0 N–H and O–H groups in total. The van der Waals surface area contributed by atoms with Crippen molar-refractivity contribution < 1.29 is 33.1 Å². The van der Waals surface area contributed by atoms with Gasteiger partial charge in [0.05, 0.1) is 34.0 Å². The fourth-order valence-electron chi connectivity index (χ4n) is 12.8. The molecule has 0 aliphatic heterocycles. The molecule has 1 unspecified atom stereocenters. The normalized spacial score (nSPS) is 28.2. The minimum absolute atomic E-state index is 0.00292. The molecule has 4 rings (SSSR count). The predicted octanol–water partition coefficient (Wildman–Crippen LogP) is 13.9. The van der Waals surface area contributed by atoms with Crippen LogP contribution in [0.1, 0.15) is 215 Å². The summed E-state index contributed by atoms with van der Waals surface area (Å²) in [5.74, 6) is 3.82. The molecule has 62 heavy (non-hydrogen) atoms. The lowest BCUT2D eigenvalue weighted by molar-refractivity contribution is -0.873. The zero-order valence-electron chi connectivity index (χ0n) is 41.8. The monoisotopic (exact) mass is 867 g/mol. The molecule has 0 spiro atoms. The number of fused-ring (bicyclic) bond motifs is 5. The van der Waals surface area contributed by atoms with Gasteiger partial charge in [0.15, 0.2) is 6.10 Å². The standard InChI is InChI=1S/C55H96NO6/c1-10-11-12-13-14-15-16-17-18-19-20-21-22-23-24-28-52(58)62-46(40-56(7,8)9)41-60-51(57)33-34-53(59)61-45-35-37-54(5)44(39-45)29-30-47-49-32-31-48(43(4)27-25-26-42(2)3)55(49,6)38-36-50(47)54/h17-18,29,42-43,45-50H,10-16,19-28,30-41H2,1-9H3/q+1/t43-,45+,46?,47+,48-,49+,50+,54+,55-/m1/s1. The number of unbranched alkanes of at least 4 members (excludes halogenated alkanes) is 11. The van der Waals surface area contributed by atoms with Gasteiger partial charge in [0.1, 0.15) is 19.3 Å². The predicted molar refractivity (Wildman–Crippen MR) is 255 cm³/mol. The Hall–Kier alpha value is -2.15. The Morgan fingerprint density at radius 2 is 1.40 bits per heavy atom. The van der Waals surface area contributed by atoms with Crippen LogP contribution in [0.25, 0.3) is 0 Å². The van der Waals surface area contributed by atoms with Gasteiger partial charge >= 0.3 is 17.9 Å². The molecule has 356 valence electrons. The third-order valence-corrected chi connectivity index (χ3v) is 16.2. The highest BCUT2D eigenvalue weighted by molar-refractivity contribution is 5.77. The van der Waals surface area contributed by atoms with E-state index < -0.39 is 12.1 Å². The van der Waals surface area contributed by atoms with Crippen LogP contribution in [0, 0.1) is 46.3 Å². The summed E-state index contributed by atoms with van der Waals surface area (Å²) < 4.78 is 18.0. The van der Waals surface area contributed by atoms with E-state index in [0.29, 0.717) is 22.9 Å². The quantitative estimate of drug-likeness (QED) is 0.0245. The maximum atomic E-state index is 13.1. The topological polar surface area (TPSA) is 78.9 Å². The van der Waals surface area contributed by atoms with Crippen molar-refractivity contribution in [1.29, 1.82) is 0 Å². The van der Waals surface area contributed by atoms with E-state index in [0.717, 1.165) is 80.5 Å². The van der Waals surface area contributed by atoms with Crippen LogP contribution in [-0.2, 0) is 28.6 Å². The second-order valence-corrected chi connectivity index (χ2v) is 22.7. The minimum Gasteiger partial charge on any atom is -0.462 e. The van der Waals surface area contributed by atoms with E-state index in [4.69, 9.17) is 14.2 Å². The third-order valence-electron chi connectivity index (χ3n) is 16.2. The van der Waals surface area contributed by atoms with Gasteiger partial charge in [-0.15, -0.1) is 0 Å². The maximum Gasteiger partial charge on any atom is 0.306 e. The highest BCUT2D eigenvalue weighted by Gasteiger charge is 2.59. The second-order valence-electron chi connectivity index (χ2n) is 22.7. The molecule has 3 saturated carbocycles. The number of hydrogen-bond donors (Lipinski definition) is 0. The minimum atomic E-state index is -0.530. The van der Waals surface area contributed by atoms with E-state index in [1.807, 2.05) is 21.1 Å². The van der Waals surface area contributed by atoms with Gasteiger partial charge in [0.25, 0.3) is 0 Å². The molecular formula is C55H96NO6+. The summed E-state index contributed by atoms with van der Waals surface area (Å²) in [5.41, 5.74) is 2.19. The van der Waals surface area contributed by atoms with Crippen LogP contribution in [0.15, 0.2) is 23.8 Å². The van der Waals surface area contributed by atoms with Crippen molar-refractivity contribution >= 4 is 17.9 Å². The summed E-state index contributed by atoms with van der Waals surface area (Å²) in [6.07, 6.45) is 36.3. The van der Waals surface area contributed by atoms with E-state index >= 15 is 0 Å². The van der Waals surface area contributed by atoms with Crippen LogP contribution >= 0.6 is 0 Å². The summed E-state index contributed by atoms with van der Waals surface area (Å²) in [5, 5.41) is 0. The maximum absolute atomic E-state index is 13.1. The number of carbonyl (C=O) groups excluding carboxylic acids is 3. The number of carbonyl (C=O) groups is 3. The van der Waals surface area contributed by atoms with E-state index in [1.54, 1.807) is 0 Å². The first kappa shape index (κ1) is 52.5. The number of rotatable bonds is 29. The molecule has 0 aromatic carbocycles. The molecule has 0 bridgehead atoms. The van der Waals surface area contributed by atoms with E-state index in [9.17, 15) is 14.4 Å². The SMILES string of the molecule is CCCCCCCCC=CCCCCCCCC(=O)OC(COC(=O)CCC(=O)O[C@H]1CC[C@@]2(C)C(=CC[C@H]3[C@@H]4CC[C@H]([C@H](C)CCCC(C)C)[C@@]4(C)CC[C@@H]32)C1)C[N+](C)(C)C. The second kappa shape index (κ2) is 26.1. The molecule has 4 aliphatic rings. The number of likely N-dealkylation sites (N-methyl/N-ethyl adjacent to an activating group) is 1. The molecule has 0 aromatic heterocycles. The smallest absolute Gasteiger partial charge is 0.306 e. The highest BCUT2D eigenvalue weighted by Crippen LogP contribution is 2.67. The van der Waals surface area contributed by atoms with Crippen LogP contribution in [0.3, 0.4) is 0 Å². The molecule has 9 atom stereocenters. The third kappa shape index (κ3) is 16.7. The van der Waals surface area contributed by atoms with Crippen molar-refractivity contribution in [1.82, 2.24) is 0 Å². The number of allylic oxidation sites excluding steroid dienone is 3. The van der Waals surface area contributed by atoms with Crippen molar-refractivity contribution in [3.05, 3.63) is 23.8 Å². The van der Waals surface area contributed by atoms with Crippen molar-refractivity contribution in [2.75, 3.05) is 34.3 Å². The van der Waals surface area contributed by atoms with Crippen molar-refractivity contribution in [3.8, 4) is 0 Å². The van der Waals surface area contributed by atoms with Gasteiger partial charge in [-0.1, -0.05) is 136 Å². The Labute approximate surface area is 381 Å². The summed E-state index contributed by atoms with van der Waals surface area (Å²) in [4.78, 5) is 38.7. The molecule has 0 radical (unpaired) electrons. The van der Waals surface area contributed by atoms with Crippen LogP contribution in [-0.4, -0.2) is 68.9 Å². The van der Waals surface area contributed by atoms with Crippen LogP contribution < -0.4 is 0 Å². The van der Waals surface area contributed by atoms with Gasteiger partial charge in [-0.3, -0.25) is 14.4 Å². The van der Waals surface area contributed by atoms with Gasteiger partial charge in [-0.2, -0.15) is 0 Å². The van der Waals surface area contributed by atoms with E-state index in [-0.39, 0.29) is 42.9 Å². The fraction of sp³-hybridized carbons (Fsp3) is 0.873. The Balaban J connectivity index is 1.12. The lowest BCUT2D eigenvalue weighted by Crippen LogP contribution is -2.51. The Bertz CT molecular complexity index is 1410.